The molecule has 0 saturated heterocycles. The molecule has 3 N–H and O–H groups in total. The van der Waals surface area contributed by atoms with Gasteiger partial charge in [0.1, 0.15) is 11.6 Å². The van der Waals surface area contributed by atoms with Gasteiger partial charge in [-0.1, -0.05) is 32.0 Å². The Hall–Kier alpha value is -3.92. The van der Waals surface area contributed by atoms with Gasteiger partial charge in [0, 0.05) is 54.3 Å². The van der Waals surface area contributed by atoms with Crippen molar-refractivity contribution in [3.63, 3.8) is 0 Å². The predicted molar refractivity (Wildman–Crippen MR) is 181 cm³/mol. The molecule has 0 aliphatic rings. The lowest BCUT2D eigenvalue weighted by molar-refractivity contribution is 0.0554. The van der Waals surface area contributed by atoms with Gasteiger partial charge in [0.25, 0.3) is 11.8 Å². The summed E-state index contributed by atoms with van der Waals surface area (Å²) >= 11 is 1.64. The summed E-state index contributed by atoms with van der Waals surface area (Å²) in [5.41, 5.74) is 11.2. The maximum atomic E-state index is 14.2. The van der Waals surface area contributed by atoms with Crippen LogP contribution >= 0.6 is 11.3 Å². The molecule has 1 heterocycles. The number of amides is 2. The molecule has 0 unspecified atom stereocenters. The third-order valence-electron chi connectivity index (χ3n) is 7.74. The number of thiophene rings is 1. The average Bonchev–Trinajstić information content (AvgIpc) is 3.45. The first-order valence-corrected chi connectivity index (χ1v) is 16.6. The first-order valence-electron chi connectivity index (χ1n) is 15.7. The number of nitrogens with zero attached hydrogens (tertiary/aromatic N) is 2. The second-order valence-corrected chi connectivity index (χ2v) is 12.9. The number of benzene rings is 3. The number of aliphatic hydroxyl groups is 1. The molecule has 9 heteroatoms. The Labute approximate surface area is 274 Å². The van der Waals surface area contributed by atoms with Gasteiger partial charge in [0.15, 0.2) is 0 Å². The minimum atomic E-state index is -1.20. The Morgan fingerprint density at radius 1 is 0.826 bits per heavy atom. The smallest absolute Gasteiger partial charge is 0.254 e. The Kier molecular flexibility index (Phi) is 12.2. The molecule has 0 aliphatic carbocycles. The quantitative estimate of drug-likeness (QED) is 0.152. The first-order chi connectivity index (χ1) is 22.0. The molecule has 4 aromatic rings. The number of rotatable bonds is 14. The molecule has 2 atom stereocenters. The molecular formula is C37H43F2N3O3S. The fourth-order valence-corrected chi connectivity index (χ4v) is 6.49. The van der Waals surface area contributed by atoms with E-state index in [1.807, 2.05) is 52.0 Å². The Morgan fingerprint density at radius 3 is 2.04 bits per heavy atom. The van der Waals surface area contributed by atoms with Gasteiger partial charge in [-0.3, -0.25) is 9.59 Å². The fraction of sp³-hybridized carbons (Fsp3) is 0.351. The highest BCUT2D eigenvalue weighted by Gasteiger charge is 2.26. The summed E-state index contributed by atoms with van der Waals surface area (Å²) < 4.78 is 27.6. The van der Waals surface area contributed by atoms with Crippen LogP contribution in [0.15, 0.2) is 72.1 Å². The van der Waals surface area contributed by atoms with Crippen LogP contribution < -0.4 is 5.73 Å². The third kappa shape index (κ3) is 9.31. The molecular weight excluding hydrogens is 604 g/mol. The van der Waals surface area contributed by atoms with E-state index in [2.05, 4.69) is 11.4 Å². The first kappa shape index (κ1) is 34.9. The highest BCUT2D eigenvalue weighted by molar-refractivity contribution is 7.13. The topological polar surface area (TPSA) is 86.9 Å². The number of hydrogen-bond acceptors (Lipinski definition) is 5. The zero-order chi connectivity index (χ0) is 33.4. The van der Waals surface area contributed by atoms with Crippen molar-refractivity contribution in [2.45, 2.75) is 65.6 Å². The van der Waals surface area contributed by atoms with Crippen molar-refractivity contribution < 1.29 is 23.5 Å². The number of aryl methyl sites for hydroxylation is 2. The van der Waals surface area contributed by atoms with Crippen molar-refractivity contribution in [2.75, 3.05) is 19.6 Å². The molecule has 6 nitrogen and oxygen atoms in total. The van der Waals surface area contributed by atoms with E-state index >= 15 is 0 Å². The van der Waals surface area contributed by atoms with Crippen molar-refractivity contribution in [1.29, 1.82) is 0 Å². The summed E-state index contributed by atoms with van der Waals surface area (Å²) in [4.78, 5) is 32.1. The molecule has 0 fully saturated rings. The van der Waals surface area contributed by atoms with Gasteiger partial charge in [0.2, 0.25) is 0 Å². The molecule has 0 radical (unpaired) electrons. The highest BCUT2D eigenvalue weighted by atomic mass is 32.1. The molecule has 0 spiro atoms. The monoisotopic (exact) mass is 647 g/mol. The summed E-state index contributed by atoms with van der Waals surface area (Å²) in [6.45, 7) is 9.21. The fourth-order valence-electron chi connectivity index (χ4n) is 5.59. The molecule has 0 saturated carbocycles. The SMILES string of the molecule is CCCN(CCC)C(=O)c1cc(C)cc(C(=O)N(Cc2cccc(-c3cc(C)cs3)c2)C[C@@H](O)[C@@H](N)Cc2cc(F)cc(F)c2)c1. The number of carbonyl (C=O) groups is 2. The predicted octanol–water partition coefficient (Wildman–Crippen LogP) is 7.15. The van der Waals surface area contributed by atoms with E-state index in [0.29, 0.717) is 29.8 Å². The van der Waals surface area contributed by atoms with Gasteiger partial charge in [-0.15, -0.1) is 11.3 Å². The van der Waals surface area contributed by atoms with Gasteiger partial charge >= 0.3 is 0 Å². The molecule has 244 valence electrons. The minimum Gasteiger partial charge on any atom is -0.390 e. The summed E-state index contributed by atoms with van der Waals surface area (Å²) in [6.07, 6.45) is 0.455. The summed E-state index contributed by atoms with van der Waals surface area (Å²) in [7, 11) is 0. The molecule has 1 aromatic heterocycles. The van der Waals surface area contributed by atoms with E-state index in [1.54, 1.807) is 34.4 Å². The van der Waals surface area contributed by atoms with Crippen molar-refractivity contribution in [2.24, 2.45) is 5.73 Å². The van der Waals surface area contributed by atoms with Crippen molar-refractivity contribution in [3.8, 4) is 10.4 Å². The number of nitrogens with two attached hydrogens (primary N) is 1. The van der Waals surface area contributed by atoms with Gasteiger partial charge in [-0.2, -0.15) is 0 Å². The van der Waals surface area contributed by atoms with Gasteiger partial charge < -0.3 is 20.6 Å². The number of carbonyl (C=O) groups excluding carboxylic acids is 2. The second-order valence-electron chi connectivity index (χ2n) is 12.0. The van der Waals surface area contributed by atoms with Crippen LogP contribution in [0.3, 0.4) is 0 Å². The lowest BCUT2D eigenvalue weighted by Gasteiger charge is -2.29. The summed E-state index contributed by atoms with van der Waals surface area (Å²) in [6, 6.07) is 17.4. The van der Waals surface area contributed by atoms with E-state index in [1.165, 1.54) is 22.6 Å². The maximum absolute atomic E-state index is 14.2. The Morgan fingerprint density at radius 2 is 1.46 bits per heavy atom. The second kappa shape index (κ2) is 16.1. The van der Waals surface area contributed by atoms with E-state index in [9.17, 15) is 23.5 Å². The number of hydrogen-bond donors (Lipinski definition) is 2. The highest BCUT2D eigenvalue weighted by Crippen LogP contribution is 2.28. The van der Waals surface area contributed by atoms with E-state index in [0.717, 1.165) is 40.5 Å². The van der Waals surface area contributed by atoms with Crippen molar-refractivity contribution in [1.82, 2.24) is 9.80 Å². The minimum absolute atomic E-state index is 0.0128. The van der Waals surface area contributed by atoms with Crippen LogP contribution in [0.25, 0.3) is 10.4 Å². The van der Waals surface area contributed by atoms with Crippen LogP contribution in [0.4, 0.5) is 8.78 Å². The zero-order valence-corrected chi connectivity index (χ0v) is 27.7. The third-order valence-corrected chi connectivity index (χ3v) is 8.84. The molecule has 46 heavy (non-hydrogen) atoms. The number of halogens is 2. The van der Waals surface area contributed by atoms with Gasteiger partial charge in [-0.05, 0) is 109 Å². The Bertz CT molecular complexity index is 1630. The Balaban J connectivity index is 1.65. The van der Waals surface area contributed by atoms with E-state index in [-0.39, 0.29) is 31.3 Å². The standard InChI is InChI=1S/C37H43F2N3O3S/c1-5-10-41(11-6-2)36(44)29-12-24(3)13-30(19-29)37(45)42(21-26-8-7-9-28(15-26)35-14-25(4)23-46-35)22-34(43)33(40)18-27-16-31(38)20-32(39)17-27/h7-9,12-17,19-20,23,33-34,43H,5-6,10-11,18,21-22,40H2,1-4H3/t33-,34+/m0/s1. The van der Waals surface area contributed by atoms with Crippen LogP contribution in [-0.4, -0.2) is 58.5 Å². The van der Waals surface area contributed by atoms with Crippen molar-refractivity contribution >= 4 is 23.2 Å². The molecule has 2 amide bonds. The van der Waals surface area contributed by atoms with E-state index < -0.39 is 23.8 Å². The molecule has 4 rings (SSSR count). The van der Waals surface area contributed by atoms with E-state index in [4.69, 9.17) is 5.73 Å². The van der Waals surface area contributed by atoms with Crippen LogP contribution in [-0.2, 0) is 13.0 Å². The van der Waals surface area contributed by atoms with Crippen molar-refractivity contribution in [3.05, 3.63) is 117 Å². The largest absolute Gasteiger partial charge is 0.390 e. The lowest BCUT2D eigenvalue weighted by atomic mass is 10.00. The zero-order valence-electron chi connectivity index (χ0n) is 26.9. The average molecular weight is 648 g/mol. The van der Waals surface area contributed by atoms with Gasteiger partial charge in [0.05, 0.1) is 6.10 Å². The summed E-state index contributed by atoms with van der Waals surface area (Å²) in [5.74, 6) is -1.95. The molecule has 0 aliphatic heterocycles. The van der Waals surface area contributed by atoms with Crippen LogP contribution in [0.5, 0.6) is 0 Å². The molecule has 0 bridgehead atoms. The lowest BCUT2D eigenvalue weighted by Crippen LogP contribution is -2.46. The van der Waals surface area contributed by atoms with Gasteiger partial charge in [-0.25, -0.2) is 8.78 Å². The van der Waals surface area contributed by atoms with Crippen LogP contribution in [0.2, 0.25) is 0 Å². The maximum Gasteiger partial charge on any atom is 0.254 e. The molecule has 3 aromatic carbocycles. The number of aliphatic hydroxyl groups excluding tert-OH is 1. The van der Waals surface area contributed by atoms with Crippen LogP contribution in [0.1, 0.15) is 69.7 Å². The van der Waals surface area contributed by atoms with Crippen LogP contribution in [0, 0.1) is 25.5 Å². The summed E-state index contributed by atoms with van der Waals surface area (Å²) in [5, 5.41) is 13.3. The normalized spacial score (nSPS) is 12.5.